The van der Waals surface area contributed by atoms with Crippen LogP contribution in [0.5, 0.6) is 5.75 Å². The summed E-state index contributed by atoms with van der Waals surface area (Å²) >= 11 is 0. The van der Waals surface area contributed by atoms with Crippen molar-refractivity contribution in [3.05, 3.63) is 29.8 Å². The molecule has 96 valence electrons. The smallest absolute Gasteiger partial charge is 0.256 e. The van der Waals surface area contributed by atoms with E-state index in [4.69, 9.17) is 10.00 Å². The molecule has 0 saturated heterocycles. The van der Waals surface area contributed by atoms with Crippen molar-refractivity contribution in [2.45, 2.75) is 26.8 Å². The highest BCUT2D eigenvalue weighted by atomic mass is 16.5. The van der Waals surface area contributed by atoms with Gasteiger partial charge in [-0.1, -0.05) is 26.0 Å². The highest BCUT2D eigenvalue weighted by Gasteiger charge is 2.18. The molecule has 0 aliphatic rings. The van der Waals surface area contributed by atoms with Crippen molar-refractivity contribution in [2.24, 2.45) is 5.92 Å². The van der Waals surface area contributed by atoms with Crippen LogP contribution in [0, 0.1) is 17.2 Å². The summed E-state index contributed by atoms with van der Waals surface area (Å²) in [6, 6.07) is 8.61. The van der Waals surface area contributed by atoms with Crippen LogP contribution < -0.4 is 10.1 Å². The molecular weight excluding hydrogens is 228 g/mol. The number of hydrogen-bond donors (Lipinski definition) is 1. The van der Waals surface area contributed by atoms with E-state index >= 15 is 0 Å². The van der Waals surface area contributed by atoms with Crippen LogP contribution in [0.15, 0.2) is 24.3 Å². The minimum Gasteiger partial charge on any atom is -0.493 e. The Bertz CT molecular complexity index is 449. The van der Waals surface area contributed by atoms with Gasteiger partial charge in [0.15, 0.2) is 0 Å². The lowest BCUT2D eigenvalue weighted by Gasteiger charge is -2.16. The van der Waals surface area contributed by atoms with Crippen molar-refractivity contribution in [1.82, 2.24) is 5.32 Å². The molecule has 0 saturated carbocycles. The molecule has 0 spiro atoms. The predicted molar refractivity (Wildman–Crippen MR) is 69.3 cm³/mol. The number of amides is 1. The first-order valence-electron chi connectivity index (χ1n) is 6.02. The molecule has 0 aromatic heterocycles. The SMILES string of the molecule is CCOc1ccccc1C(=O)NC(C#N)C(C)C. The monoisotopic (exact) mass is 246 g/mol. The van der Waals surface area contributed by atoms with Gasteiger partial charge in [0.1, 0.15) is 11.8 Å². The molecule has 0 fully saturated rings. The number of rotatable bonds is 5. The lowest BCUT2D eigenvalue weighted by Crippen LogP contribution is -2.37. The van der Waals surface area contributed by atoms with Gasteiger partial charge in [-0.05, 0) is 25.0 Å². The van der Waals surface area contributed by atoms with E-state index in [1.807, 2.05) is 26.8 Å². The lowest BCUT2D eigenvalue weighted by atomic mass is 10.1. The number of nitrogens with one attached hydrogen (secondary N) is 1. The number of carbonyl (C=O) groups excluding carboxylic acids is 1. The zero-order valence-electron chi connectivity index (χ0n) is 10.9. The average molecular weight is 246 g/mol. The molecule has 4 heteroatoms. The van der Waals surface area contributed by atoms with Crippen LogP contribution in [0.3, 0.4) is 0 Å². The Balaban J connectivity index is 2.87. The molecule has 1 N–H and O–H groups in total. The number of para-hydroxylation sites is 1. The van der Waals surface area contributed by atoms with Gasteiger partial charge in [-0.3, -0.25) is 4.79 Å². The summed E-state index contributed by atoms with van der Waals surface area (Å²) < 4.78 is 5.39. The number of ether oxygens (including phenoxy) is 1. The van der Waals surface area contributed by atoms with Gasteiger partial charge >= 0.3 is 0 Å². The van der Waals surface area contributed by atoms with Crippen LogP contribution >= 0.6 is 0 Å². The molecule has 4 nitrogen and oxygen atoms in total. The minimum atomic E-state index is -0.493. The molecule has 1 aromatic rings. The topological polar surface area (TPSA) is 62.1 Å². The number of carbonyl (C=O) groups is 1. The zero-order chi connectivity index (χ0) is 13.5. The van der Waals surface area contributed by atoms with Gasteiger partial charge in [0, 0.05) is 0 Å². The van der Waals surface area contributed by atoms with Gasteiger partial charge in [-0.2, -0.15) is 5.26 Å². The van der Waals surface area contributed by atoms with E-state index in [-0.39, 0.29) is 11.8 Å². The summed E-state index contributed by atoms with van der Waals surface area (Å²) in [5.41, 5.74) is 0.459. The van der Waals surface area contributed by atoms with Crippen molar-refractivity contribution in [3.63, 3.8) is 0 Å². The molecular formula is C14H18N2O2. The third-order valence-corrected chi connectivity index (χ3v) is 2.52. The second-order valence-corrected chi connectivity index (χ2v) is 4.25. The fourth-order valence-corrected chi connectivity index (χ4v) is 1.50. The van der Waals surface area contributed by atoms with Gasteiger partial charge in [0.25, 0.3) is 5.91 Å². The molecule has 0 aliphatic carbocycles. The van der Waals surface area contributed by atoms with Gasteiger partial charge in [0.05, 0.1) is 18.2 Å². The molecule has 1 rings (SSSR count). The second kappa shape index (κ2) is 6.65. The van der Waals surface area contributed by atoms with Gasteiger partial charge < -0.3 is 10.1 Å². The summed E-state index contributed by atoms with van der Waals surface area (Å²) in [7, 11) is 0. The fraction of sp³-hybridized carbons (Fsp3) is 0.429. The number of nitriles is 1. The highest BCUT2D eigenvalue weighted by Crippen LogP contribution is 2.18. The van der Waals surface area contributed by atoms with E-state index in [2.05, 4.69) is 11.4 Å². The summed E-state index contributed by atoms with van der Waals surface area (Å²) in [5.74, 6) is 0.329. The van der Waals surface area contributed by atoms with Crippen LogP contribution in [-0.2, 0) is 0 Å². The Labute approximate surface area is 108 Å². The molecule has 0 heterocycles. The van der Waals surface area contributed by atoms with E-state index in [0.717, 1.165) is 0 Å². The Morgan fingerprint density at radius 3 is 2.67 bits per heavy atom. The van der Waals surface area contributed by atoms with E-state index in [1.54, 1.807) is 18.2 Å². The van der Waals surface area contributed by atoms with Crippen LogP contribution in [0.4, 0.5) is 0 Å². The maximum absolute atomic E-state index is 12.1. The summed E-state index contributed by atoms with van der Waals surface area (Å²) in [4.78, 5) is 12.1. The maximum atomic E-state index is 12.1. The first-order chi connectivity index (χ1) is 8.60. The largest absolute Gasteiger partial charge is 0.493 e. The number of benzene rings is 1. The van der Waals surface area contributed by atoms with Gasteiger partial charge in [-0.25, -0.2) is 0 Å². The van der Waals surface area contributed by atoms with E-state index < -0.39 is 6.04 Å². The Morgan fingerprint density at radius 2 is 2.11 bits per heavy atom. The average Bonchev–Trinajstić information content (AvgIpc) is 2.36. The fourth-order valence-electron chi connectivity index (χ4n) is 1.50. The first-order valence-corrected chi connectivity index (χ1v) is 6.02. The third kappa shape index (κ3) is 3.49. The van der Waals surface area contributed by atoms with E-state index in [0.29, 0.717) is 17.9 Å². The molecule has 0 aliphatic heterocycles. The Kier molecular flexibility index (Phi) is 5.19. The number of hydrogen-bond acceptors (Lipinski definition) is 3. The molecule has 18 heavy (non-hydrogen) atoms. The van der Waals surface area contributed by atoms with E-state index in [9.17, 15) is 4.79 Å². The summed E-state index contributed by atoms with van der Waals surface area (Å²) in [6.45, 7) is 6.14. The molecule has 1 atom stereocenters. The van der Waals surface area contributed by atoms with Crippen molar-refractivity contribution in [2.75, 3.05) is 6.61 Å². The second-order valence-electron chi connectivity index (χ2n) is 4.25. The standard InChI is InChI=1S/C14H18N2O2/c1-4-18-13-8-6-5-7-11(13)14(17)16-12(9-15)10(2)3/h5-8,10,12H,4H2,1-3H3,(H,16,17). The van der Waals surface area contributed by atoms with Gasteiger partial charge in [0.2, 0.25) is 0 Å². The van der Waals surface area contributed by atoms with Crippen LogP contribution in [0.2, 0.25) is 0 Å². The van der Waals surface area contributed by atoms with Crippen molar-refractivity contribution in [1.29, 1.82) is 5.26 Å². The lowest BCUT2D eigenvalue weighted by molar-refractivity contribution is 0.0934. The van der Waals surface area contributed by atoms with E-state index in [1.165, 1.54) is 0 Å². The molecule has 1 aromatic carbocycles. The van der Waals surface area contributed by atoms with Crippen molar-refractivity contribution in [3.8, 4) is 11.8 Å². The third-order valence-electron chi connectivity index (χ3n) is 2.52. The van der Waals surface area contributed by atoms with Crippen LogP contribution in [0.25, 0.3) is 0 Å². The van der Waals surface area contributed by atoms with Gasteiger partial charge in [-0.15, -0.1) is 0 Å². The summed E-state index contributed by atoms with van der Waals surface area (Å²) in [5, 5.41) is 11.7. The molecule has 0 radical (unpaired) electrons. The minimum absolute atomic E-state index is 0.0678. The highest BCUT2D eigenvalue weighted by molar-refractivity contribution is 5.97. The van der Waals surface area contributed by atoms with Crippen LogP contribution in [0.1, 0.15) is 31.1 Å². The Morgan fingerprint density at radius 1 is 1.44 bits per heavy atom. The van der Waals surface area contributed by atoms with Crippen molar-refractivity contribution >= 4 is 5.91 Å². The molecule has 1 unspecified atom stereocenters. The number of nitrogens with zero attached hydrogens (tertiary/aromatic N) is 1. The Hall–Kier alpha value is -2.02. The first kappa shape index (κ1) is 14.0. The normalized spacial score (nSPS) is 11.7. The summed E-state index contributed by atoms with van der Waals surface area (Å²) in [6.07, 6.45) is 0. The van der Waals surface area contributed by atoms with Crippen molar-refractivity contribution < 1.29 is 9.53 Å². The quantitative estimate of drug-likeness (QED) is 0.867. The van der Waals surface area contributed by atoms with Crippen LogP contribution in [-0.4, -0.2) is 18.6 Å². The maximum Gasteiger partial charge on any atom is 0.256 e. The molecule has 1 amide bonds. The predicted octanol–water partition coefficient (Wildman–Crippen LogP) is 2.36. The molecule has 0 bridgehead atoms. The zero-order valence-corrected chi connectivity index (χ0v) is 10.9.